The number of amides is 1. The Bertz CT molecular complexity index is 672. The van der Waals surface area contributed by atoms with Gasteiger partial charge in [-0.05, 0) is 46.7 Å². The zero-order chi connectivity index (χ0) is 17.1. The van der Waals surface area contributed by atoms with Crippen LogP contribution in [0.4, 0.5) is 5.69 Å². The molecule has 26 heavy (non-hydrogen) atoms. The van der Waals surface area contributed by atoms with Gasteiger partial charge in [0.05, 0.1) is 0 Å². The lowest BCUT2D eigenvalue weighted by Gasteiger charge is -2.40. The Labute approximate surface area is 171 Å². The van der Waals surface area contributed by atoms with Gasteiger partial charge in [-0.15, -0.1) is 24.8 Å². The summed E-state index contributed by atoms with van der Waals surface area (Å²) in [4.78, 5) is 18.9. The Kier molecular flexibility index (Phi) is 8.70. The first-order chi connectivity index (χ1) is 11.6. The van der Waals surface area contributed by atoms with Crippen molar-refractivity contribution < 1.29 is 9.90 Å². The third-order valence-corrected chi connectivity index (χ3v) is 5.13. The van der Waals surface area contributed by atoms with E-state index in [1.54, 1.807) is 28.4 Å². The van der Waals surface area contributed by atoms with Gasteiger partial charge in [0.25, 0.3) is 0 Å². The van der Waals surface area contributed by atoms with E-state index >= 15 is 0 Å². The molecule has 1 saturated heterocycles. The number of carbonyl (C=O) groups is 1. The van der Waals surface area contributed by atoms with Crippen molar-refractivity contribution in [1.29, 1.82) is 0 Å². The highest BCUT2D eigenvalue weighted by molar-refractivity contribution is 7.08. The number of aromatic hydroxyl groups is 1. The molecule has 0 aliphatic carbocycles. The molecular formula is C18H25Cl2N3O2S. The smallest absolute Gasteiger partial charge is 0.244 e. The number of benzene rings is 1. The molecule has 0 saturated carbocycles. The van der Waals surface area contributed by atoms with E-state index in [2.05, 4.69) is 15.2 Å². The molecular weight excluding hydrogens is 393 g/mol. The average molecular weight is 418 g/mol. The maximum atomic E-state index is 12.7. The SMILES string of the molecule is CN(C)C(=O)C(c1ccsc1)N1CCN(c2ccc(O)cc2)CC1.Cl.Cl. The minimum Gasteiger partial charge on any atom is -0.508 e. The molecule has 1 N–H and O–H groups in total. The van der Waals surface area contributed by atoms with Gasteiger partial charge in [-0.3, -0.25) is 9.69 Å². The van der Waals surface area contributed by atoms with Gasteiger partial charge in [0.1, 0.15) is 11.8 Å². The molecule has 2 aromatic rings. The van der Waals surface area contributed by atoms with Crippen molar-refractivity contribution in [3.63, 3.8) is 0 Å². The molecule has 5 nitrogen and oxygen atoms in total. The number of hydrogen-bond donors (Lipinski definition) is 1. The van der Waals surface area contributed by atoms with E-state index in [1.165, 1.54) is 0 Å². The van der Waals surface area contributed by atoms with Crippen molar-refractivity contribution in [2.45, 2.75) is 6.04 Å². The zero-order valence-electron chi connectivity index (χ0n) is 14.9. The molecule has 1 aliphatic heterocycles. The first-order valence-corrected chi connectivity index (χ1v) is 9.02. The van der Waals surface area contributed by atoms with Crippen LogP contribution in [0.25, 0.3) is 0 Å². The normalized spacial score (nSPS) is 15.5. The maximum absolute atomic E-state index is 12.7. The lowest BCUT2D eigenvalue weighted by Crippen LogP contribution is -2.50. The van der Waals surface area contributed by atoms with E-state index in [0.29, 0.717) is 0 Å². The van der Waals surface area contributed by atoms with Crippen LogP contribution in [0.1, 0.15) is 11.6 Å². The summed E-state index contributed by atoms with van der Waals surface area (Å²) in [7, 11) is 3.63. The van der Waals surface area contributed by atoms with Crippen LogP contribution in [0.3, 0.4) is 0 Å². The molecule has 1 amide bonds. The van der Waals surface area contributed by atoms with Crippen LogP contribution in [0.2, 0.25) is 0 Å². The van der Waals surface area contributed by atoms with E-state index in [9.17, 15) is 9.90 Å². The monoisotopic (exact) mass is 417 g/mol. The largest absolute Gasteiger partial charge is 0.508 e. The summed E-state index contributed by atoms with van der Waals surface area (Å²) in [5.74, 6) is 0.415. The number of phenolic OH excluding ortho intramolecular Hbond substituents is 1. The summed E-state index contributed by atoms with van der Waals surface area (Å²) in [5, 5.41) is 13.5. The predicted molar refractivity (Wildman–Crippen MR) is 112 cm³/mol. The Morgan fingerprint density at radius 2 is 1.69 bits per heavy atom. The molecule has 1 atom stereocenters. The van der Waals surface area contributed by atoms with Gasteiger partial charge in [0.15, 0.2) is 0 Å². The number of piperazine rings is 1. The number of halogens is 2. The summed E-state index contributed by atoms with van der Waals surface area (Å²) in [6, 6.07) is 9.15. The van der Waals surface area contributed by atoms with E-state index in [4.69, 9.17) is 0 Å². The summed E-state index contributed by atoms with van der Waals surface area (Å²) in [5.41, 5.74) is 2.19. The molecule has 0 spiro atoms. The number of thiophene rings is 1. The van der Waals surface area contributed by atoms with Gasteiger partial charge < -0.3 is 14.9 Å². The maximum Gasteiger partial charge on any atom is 0.244 e. The molecule has 3 rings (SSSR count). The van der Waals surface area contributed by atoms with Crippen LogP contribution in [-0.4, -0.2) is 61.1 Å². The van der Waals surface area contributed by atoms with E-state index in [0.717, 1.165) is 37.4 Å². The standard InChI is InChI=1S/C18H23N3O2S.2ClH/c1-19(2)18(23)17(14-7-12-24-13-14)21-10-8-20(9-11-21)15-3-5-16(22)6-4-15;;/h3-7,12-13,17,22H,8-11H2,1-2H3;2*1H. The van der Waals surface area contributed by atoms with Crippen LogP contribution < -0.4 is 4.90 Å². The lowest BCUT2D eigenvalue weighted by atomic mass is 10.1. The van der Waals surface area contributed by atoms with Gasteiger partial charge in [0, 0.05) is 46.0 Å². The van der Waals surface area contributed by atoms with Crippen molar-refractivity contribution in [3.8, 4) is 5.75 Å². The van der Waals surface area contributed by atoms with Gasteiger partial charge in [-0.2, -0.15) is 11.3 Å². The van der Waals surface area contributed by atoms with Crippen LogP contribution in [0.15, 0.2) is 41.1 Å². The second-order valence-corrected chi connectivity index (χ2v) is 7.01. The topological polar surface area (TPSA) is 47.0 Å². The fraction of sp³-hybridized carbons (Fsp3) is 0.389. The van der Waals surface area contributed by atoms with Crippen LogP contribution in [0, 0.1) is 0 Å². The summed E-state index contributed by atoms with van der Waals surface area (Å²) >= 11 is 1.63. The zero-order valence-corrected chi connectivity index (χ0v) is 17.3. The summed E-state index contributed by atoms with van der Waals surface area (Å²) in [6.45, 7) is 3.40. The fourth-order valence-electron chi connectivity index (χ4n) is 3.09. The number of carbonyl (C=O) groups excluding carboxylic acids is 1. The first-order valence-electron chi connectivity index (χ1n) is 8.07. The predicted octanol–water partition coefficient (Wildman–Crippen LogP) is 3.25. The minimum absolute atomic E-state index is 0. The highest BCUT2D eigenvalue weighted by Crippen LogP contribution is 2.27. The number of rotatable bonds is 4. The number of phenols is 1. The second-order valence-electron chi connectivity index (χ2n) is 6.23. The quantitative estimate of drug-likeness (QED) is 0.828. The van der Waals surface area contributed by atoms with Gasteiger partial charge in [0.2, 0.25) is 5.91 Å². The average Bonchev–Trinajstić information content (AvgIpc) is 3.10. The van der Waals surface area contributed by atoms with Crippen LogP contribution in [-0.2, 0) is 4.79 Å². The Hall–Kier alpha value is -1.47. The van der Waals surface area contributed by atoms with Crippen molar-refractivity contribution in [2.75, 3.05) is 45.2 Å². The molecule has 0 radical (unpaired) electrons. The second kappa shape index (κ2) is 10.0. The lowest BCUT2D eigenvalue weighted by molar-refractivity contribution is -0.134. The summed E-state index contributed by atoms with van der Waals surface area (Å²) < 4.78 is 0. The molecule has 1 aliphatic rings. The Morgan fingerprint density at radius 1 is 1.08 bits per heavy atom. The third-order valence-electron chi connectivity index (χ3n) is 4.43. The number of nitrogens with zero attached hydrogens (tertiary/aromatic N) is 3. The molecule has 1 aromatic carbocycles. The number of likely N-dealkylation sites (N-methyl/N-ethyl adjacent to an activating group) is 1. The number of anilines is 1. The molecule has 1 aromatic heterocycles. The first kappa shape index (κ1) is 22.6. The highest BCUT2D eigenvalue weighted by Gasteiger charge is 2.31. The Balaban J connectivity index is 0.00000169. The molecule has 0 bridgehead atoms. The van der Waals surface area contributed by atoms with Crippen molar-refractivity contribution >= 4 is 47.7 Å². The highest BCUT2D eigenvalue weighted by atomic mass is 35.5. The van der Waals surface area contributed by atoms with Gasteiger partial charge >= 0.3 is 0 Å². The van der Waals surface area contributed by atoms with Crippen molar-refractivity contribution in [3.05, 3.63) is 46.7 Å². The van der Waals surface area contributed by atoms with E-state index < -0.39 is 0 Å². The molecule has 1 unspecified atom stereocenters. The molecule has 2 heterocycles. The molecule has 8 heteroatoms. The van der Waals surface area contributed by atoms with Crippen molar-refractivity contribution in [2.24, 2.45) is 0 Å². The van der Waals surface area contributed by atoms with Gasteiger partial charge in [-0.1, -0.05) is 0 Å². The fourth-order valence-corrected chi connectivity index (χ4v) is 3.77. The van der Waals surface area contributed by atoms with Crippen molar-refractivity contribution in [1.82, 2.24) is 9.80 Å². The Morgan fingerprint density at radius 3 is 2.19 bits per heavy atom. The van der Waals surface area contributed by atoms with E-state index in [-0.39, 0.29) is 42.5 Å². The summed E-state index contributed by atoms with van der Waals surface area (Å²) in [6.07, 6.45) is 0. The minimum atomic E-state index is -0.201. The third kappa shape index (κ3) is 5.04. The van der Waals surface area contributed by atoms with Gasteiger partial charge in [-0.25, -0.2) is 0 Å². The van der Waals surface area contributed by atoms with Crippen LogP contribution >= 0.6 is 36.2 Å². The molecule has 1 fully saturated rings. The van der Waals surface area contributed by atoms with Crippen LogP contribution in [0.5, 0.6) is 5.75 Å². The number of hydrogen-bond acceptors (Lipinski definition) is 5. The molecule has 144 valence electrons. The van der Waals surface area contributed by atoms with E-state index in [1.807, 2.05) is 37.7 Å².